The highest BCUT2D eigenvalue weighted by Gasteiger charge is 2.12. The number of hydrogen-bond acceptors (Lipinski definition) is 2. The van der Waals surface area contributed by atoms with Gasteiger partial charge in [0.05, 0.1) is 11.6 Å². The maximum atomic E-state index is 12.2. The number of benzene rings is 1. The zero-order valence-corrected chi connectivity index (χ0v) is 8.68. The molecular formula is C10H11ClF2O2. The van der Waals surface area contributed by atoms with Gasteiger partial charge in [0.25, 0.3) is 0 Å². The summed E-state index contributed by atoms with van der Waals surface area (Å²) < 4.78 is 29.3. The third-order valence-electron chi connectivity index (χ3n) is 1.82. The fourth-order valence-electron chi connectivity index (χ4n) is 1.02. The number of rotatable bonds is 5. The average Bonchev–Trinajstić information content (AvgIpc) is 2.27. The van der Waals surface area contributed by atoms with E-state index in [1.807, 2.05) is 0 Å². The molecule has 1 aromatic rings. The zero-order chi connectivity index (χ0) is 11.3. The Labute approximate surface area is 91.4 Å². The first-order valence-corrected chi connectivity index (χ1v) is 4.77. The van der Waals surface area contributed by atoms with Crippen LogP contribution in [0.3, 0.4) is 0 Å². The number of hydrogen-bond donors (Lipinski definition) is 1. The van der Waals surface area contributed by atoms with Crippen molar-refractivity contribution in [1.82, 2.24) is 0 Å². The molecule has 0 fully saturated rings. The van der Waals surface area contributed by atoms with E-state index in [1.165, 1.54) is 12.1 Å². The molecule has 84 valence electrons. The van der Waals surface area contributed by atoms with E-state index in [9.17, 15) is 8.78 Å². The minimum Gasteiger partial charge on any atom is -0.483 e. The summed E-state index contributed by atoms with van der Waals surface area (Å²) in [5.74, 6) is 0.217. The molecule has 1 aromatic carbocycles. The Morgan fingerprint density at radius 3 is 2.47 bits per heavy atom. The van der Waals surface area contributed by atoms with E-state index in [0.29, 0.717) is 5.56 Å². The molecule has 0 unspecified atom stereocenters. The molecule has 0 heterocycles. The van der Waals surface area contributed by atoms with Crippen LogP contribution in [0.25, 0.3) is 0 Å². The highest BCUT2D eigenvalue weighted by molar-refractivity contribution is 6.32. The third kappa shape index (κ3) is 3.32. The highest BCUT2D eigenvalue weighted by atomic mass is 35.5. The lowest BCUT2D eigenvalue weighted by Crippen LogP contribution is -2.21. The Morgan fingerprint density at radius 2 is 2.00 bits per heavy atom. The summed E-state index contributed by atoms with van der Waals surface area (Å²) in [6, 6.07) is 4.55. The predicted molar refractivity (Wildman–Crippen MR) is 53.7 cm³/mol. The van der Waals surface area contributed by atoms with Crippen LogP contribution in [0.1, 0.15) is 5.56 Å². The van der Waals surface area contributed by atoms with Gasteiger partial charge < -0.3 is 9.84 Å². The summed E-state index contributed by atoms with van der Waals surface area (Å²) in [5.41, 5.74) is 0.615. The fraction of sp³-hybridized carbons (Fsp3) is 0.400. The second kappa shape index (κ2) is 5.88. The Balaban J connectivity index is 2.77. The number of aliphatic hydroxyl groups excluding tert-OH is 1. The minimum absolute atomic E-state index is 0.143. The van der Waals surface area contributed by atoms with Crippen LogP contribution in [-0.4, -0.2) is 24.6 Å². The molecule has 1 rings (SSSR count). The van der Waals surface area contributed by atoms with Crippen LogP contribution in [0.4, 0.5) is 8.78 Å². The van der Waals surface area contributed by atoms with Crippen molar-refractivity contribution in [3.8, 4) is 5.75 Å². The van der Waals surface area contributed by atoms with Crippen molar-refractivity contribution in [1.29, 1.82) is 0 Å². The van der Waals surface area contributed by atoms with Gasteiger partial charge in [0, 0.05) is 0 Å². The third-order valence-corrected chi connectivity index (χ3v) is 2.11. The van der Waals surface area contributed by atoms with Gasteiger partial charge in [0.1, 0.15) is 19.1 Å². The molecule has 0 spiro atoms. The van der Waals surface area contributed by atoms with Crippen LogP contribution in [0.2, 0.25) is 5.02 Å². The molecule has 15 heavy (non-hydrogen) atoms. The second-order valence-electron chi connectivity index (χ2n) is 2.97. The molecular weight excluding hydrogens is 226 g/mol. The first-order chi connectivity index (χ1) is 7.21. The van der Waals surface area contributed by atoms with Crippen LogP contribution in [0, 0.1) is 0 Å². The van der Waals surface area contributed by atoms with Gasteiger partial charge in [0.15, 0.2) is 6.10 Å². The number of ether oxygens (including phenoxy) is 1. The van der Waals surface area contributed by atoms with Crippen molar-refractivity contribution in [3.05, 3.63) is 28.8 Å². The SMILES string of the molecule is OCc1ccc(OC(CF)CF)c(Cl)c1. The molecule has 0 aromatic heterocycles. The van der Waals surface area contributed by atoms with E-state index < -0.39 is 19.5 Å². The lowest BCUT2D eigenvalue weighted by molar-refractivity contribution is 0.133. The first kappa shape index (κ1) is 12.2. The minimum atomic E-state index is -1.12. The van der Waals surface area contributed by atoms with E-state index in [1.54, 1.807) is 6.07 Å². The Kier molecular flexibility index (Phi) is 4.78. The number of alkyl halides is 2. The summed E-state index contributed by atoms with van der Waals surface area (Å²) >= 11 is 5.79. The standard InChI is InChI=1S/C10H11ClF2O2/c11-9-3-7(6-14)1-2-10(9)15-8(4-12)5-13/h1-3,8,14H,4-6H2. The van der Waals surface area contributed by atoms with Crippen molar-refractivity contribution in [3.63, 3.8) is 0 Å². The van der Waals surface area contributed by atoms with E-state index in [0.717, 1.165) is 0 Å². The van der Waals surface area contributed by atoms with Crippen molar-refractivity contribution in [2.75, 3.05) is 13.3 Å². The van der Waals surface area contributed by atoms with Gasteiger partial charge >= 0.3 is 0 Å². The normalized spacial score (nSPS) is 10.7. The molecule has 0 saturated carbocycles. The Bertz CT molecular complexity index is 316. The van der Waals surface area contributed by atoms with Gasteiger partial charge in [-0.1, -0.05) is 17.7 Å². The molecule has 0 aliphatic heterocycles. The smallest absolute Gasteiger partial charge is 0.155 e. The van der Waals surface area contributed by atoms with E-state index in [-0.39, 0.29) is 17.4 Å². The van der Waals surface area contributed by atoms with E-state index in [4.69, 9.17) is 21.4 Å². The molecule has 0 aliphatic carbocycles. The van der Waals surface area contributed by atoms with E-state index >= 15 is 0 Å². The molecule has 0 atom stereocenters. The number of halogens is 3. The molecule has 1 N–H and O–H groups in total. The summed E-state index contributed by atoms with van der Waals surface area (Å²) in [4.78, 5) is 0. The number of aliphatic hydroxyl groups is 1. The van der Waals surface area contributed by atoms with Crippen LogP contribution in [0.15, 0.2) is 18.2 Å². The summed E-state index contributed by atoms with van der Waals surface area (Å²) in [6.07, 6.45) is -1.12. The van der Waals surface area contributed by atoms with Crippen LogP contribution in [-0.2, 0) is 6.61 Å². The van der Waals surface area contributed by atoms with Crippen LogP contribution >= 0.6 is 11.6 Å². The van der Waals surface area contributed by atoms with Gasteiger partial charge in [-0.2, -0.15) is 0 Å². The maximum Gasteiger partial charge on any atom is 0.155 e. The molecule has 0 saturated heterocycles. The van der Waals surface area contributed by atoms with Gasteiger partial charge in [0.2, 0.25) is 0 Å². The van der Waals surface area contributed by atoms with Crippen molar-refractivity contribution in [2.45, 2.75) is 12.7 Å². The quantitative estimate of drug-likeness (QED) is 0.851. The zero-order valence-electron chi connectivity index (χ0n) is 7.92. The van der Waals surface area contributed by atoms with Gasteiger partial charge in [-0.25, -0.2) is 8.78 Å². The van der Waals surface area contributed by atoms with Crippen molar-refractivity contribution >= 4 is 11.6 Å². The molecule has 2 nitrogen and oxygen atoms in total. The van der Waals surface area contributed by atoms with Gasteiger partial charge in [-0.15, -0.1) is 0 Å². The second-order valence-corrected chi connectivity index (χ2v) is 3.38. The van der Waals surface area contributed by atoms with Crippen LogP contribution in [0.5, 0.6) is 5.75 Å². The monoisotopic (exact) mass is 236 g/mol. The van der Waals surface area contributed by atoms with Gasteiger partial charge in [-0.3, -0.25) is 0 Å². The first-order valence-electron chi connectivity index (χ1n) is 4.39. The molecule has 0 aliphatic rings. The predicted octanol–water partition coefficient (Wildman–Crippen LogP) is 2.52. The topological polar surface area (TPSA) is 29.5 Å². The molecule has 0 amide bonds. The Hall–Kier alpha value is -0.870. The molecule has 0 radical (unpaired) electrons. The summed E-state index contributed by atoms with van der Waals surface area (Å²) in [6.45, 7) is -1.96. The van der Waals surface area contributed by atoms with E-state index in [2.05, 4.69) is 0 Å². The van der Waals surface area contributed by atoms with Crippen molar-refractivity contribution < 1.29 is 18.6 Å². The van der Waals surface area contributed by atoms with Gasteiger partial charge in [-0.05, 0) is 17.7 Å². The average molecular weight is 237 g/mol. The summed E-state index contributed by atoms with van der Waals surface area (Å²) in [5, 5.41) is 9.04. The lowest BCUT2D eigenvalue weighted by atomic mass is 10.2. The highest BCUT2D eigenvalue weighted by Crippen LogP contribution is 2.26. The fourth-order valence-corrected chi connectivity index (χ4v) is 1.27. The maximum absolute atomic E-state index is 12.2. The Morgan fingerprint density at radius 1 is 1.33 bits per heavy atom. The van der Waals surface area contributed by atoms with Crippen molar-refractivity contribution in [2.24, 2.45) is 0 Å². The molecule has 5 heteroatoms. The summed E-state index contributed by atoms with van der Waals surface area (Å²) in [7, 11) is 0. The molecule has 0 bridgehead atoms. The van der Waals surface area contributed by atoms with Crippen LogP contribution < -0.4 is 4.74 Å². The lowest BCUT2D eigenvalue weighted by Gasteiger charge is -2.14. The largest absolute Gasteiger partial charge is 0.483 e.